The summed E-state index contributed by atoms with van der Waals surface area (Å²) in [5.74, 6) is 0.0502. The first-order valence-electron chi connectivity index (χ1n) is 10.4. The van der Waals surface area contributed by atoms with Gasteiger partial charge in [-0.1, -0.05) is 67.6 Å². The van der Waals surface area contributed by atoms with Gasteiger partial charge in [-0.25, -0.2) is 0 Å². The number of amides is 1. The number of carbonyl (C=O) groups excluding carboxylic acids is 1. The maximum Gasteiger partial charge on any atom is 0.224 e. The number of anilines is 3. The van der Waals surface area contributed by atoms with Gasteiger partial charge in [-0.15, -0.1) is 0 Å². The fourth-order valence-corrected chi connectivity index (χ4v) is 3.30. The van der Waals surface area contributed by atoms with Crippen molar-refractivity contribution >= 4 is 23.0 Å². The largest absolute Gasteiger partial charge is 0.397 e. The second-order valence-corrected chi connectivity index (χ2v) is 7.37. The highest BCUT2D eigenvalue weighted by atomic mass is 16.1. The molecule has 30 heavy (non-hydrogen) atoms. The fourth-order valence-electron chi connectivity index (χ4n) is 3.30. The van der Waals surface area contributed by atoms with Gasteiger partial charge in [-0.3, -0.25) is 4.79 Å². The standard InChI is InChI=1S/C26H29N3O/c1-20(28-25-17-9-8-16-24(25)27)11-4-2-7-18-26(30)29-23-15-10-14-22(19-23)21-12-5-3-6-13-21/h3,5-6,8-10,12-17,19,28H,1-2,4,7,11,18,27H2,(H,29,30). The van der Waals surface area contributed by atoms with Crippen molar-refractivity contribution in [1.29, 1.82) is 0 Å². The molecule has 3 aromatic rings. The zero-order valence-corrected chi connectivity index (χ0v) is 17.2. The molecule has 4 heteroatoms. The Kier molecular flexibility index (Phi) is 7.67. The molecule has 0 bridgehead atoms. The van der Waals surface area contributed by atoms with E-state index in [1.165, 1.54) is 0 Å². The Morgan fingerprint density at radius 3 is 2.27 bits per heavy atom. The normalized spacial score (nSPS) is 10.4. The Hall–Kier alpha value is -3.53. The third kappa shape index (κ3) is 6.52. The number of benzene rings is 3. The molecule has 3 rings (SSSR count). The maximum absolute atomic E-state index is 12.3. The van der Waals surface area contributed by atoms with Crippen molar-refractivity contribution in [3.63, 3.8) is 0 Å². The summed E-state index contributed by atoms with van der Waals surface area (Å²) in [5, 5.41) is 6.27. The highest BCUT2D eigenvalue weighted by Gasteiger charge is 2.05. The molecule has 4 nitrogen and oxygen atoms in total. The second kappa shape index (κ2) is 10.9. The van der Waals surface area contributed by atoms with Gasteiger partial charge >= 0.3 is 0 Å². The molecule has 1 amide bonds. The van der Waals surface area contributed by atoms with Crippen LogP contribution in [0.3, 0.4) is 0 Å². The number of unbranched alkanes of at least 4 members (excludes halogenated alkanes) is 2. The number of hydrogen-bond donors (Lipinski definition) is 3. The van der Waals surface area contributed by atoms with Crippen LogP contribution in [-0.2, 0) is 4.79 Å². The first-order valence-corrected chi connectivity index (χ1v) is 10.4. The molecule has 154 valence electrons. The van der Waals surface area contributed by atoms with Crippen LogP contribution in [0.15, 0.2) is 91.1 Å². The number of nitrogens with one attached hydrogen (secondary N) is 2. The minimum absolute atomic E-state index is 0.0502. The molecular formula is C26H29N3O. The van der Waals surface area contributed by atoms with E-state index in [4.69, 9.17) is 5.73 Å². The van der Waals surface area contributed by atoms with E-state index in [9.17, 15) is 4.79 Å². The average molecular weight is 400 g/mol. The van der Waals surface area contributed by atoms with Gasteiger partial charge in [0.15, 0.2) is 0 Å². The summed E-state index contributed by atoms with van der Waals surface area (Å²) in [4.78, 5) is 12.3. The van der Waals surface area contributed by atoms with Crippen molar-refractivity contribution in [2.45, 2.75) is 32.1 Å². The van der Waals surface area contributed by atoms with E-state index < -0.39 is 0 Å². The van der Waals surface area contributed by atoms with Crippen LogP contribution >= 0.6 is 0 Å². The molecule has 4 N–H and O–H groups in total. The monoisotopic (exact) mass is 399 g/mol. The predicted octanol–water partition coefficient (Wildman–Crippen LogP) is 6.45. The molecule has 0 spiro atoms. The summed E-state index contributed by atoms with van der Waals surface area (Å²) >= 11 is 0. The van der Waals surface area contributed by atoms with Crippen LogP contribution in [-0.4, -0.2) is 5.91 Å². The van der Waals surface area contributed by atoms with Gasteiger partial charge in [0.1, 0.15) is 0 Å². The Balaban J connectivity index is 1.36. The quantitative estimate of drug-likeness (QED) is 0.271. The summed E-state index contributed by atoms with van der Waals surface area (Å²) < 4.78 is 0. The second-order valence-electron chi connectivity index (χ2n) is 7.37. The lowest BCUT2D eigenvalue weighted by atomic mass is 10.1. The molecule has 0 atom stereocenters. The minimum Gasteiger partial charge on any atom is -0.397 e. The third-order valence-corrected chi connectivity index (χ3v) is 4.91. The van der Waals surface area contributed by atoms with Gasteiger partial charge in [0.05, 0.1) is 11.4 Å². The third-order valence-electron chi connectivity index (χ3n) is 4.91. The predicted molar refractivity (Wildman–Crippen MR) is 127 cm³/mol. The number of carbonyl (C=O) groups is 1. The highest BCUT2D eigenvalue weighted by molar-refractivity contribution is 5.91. The van der Waals surface area contributed by atoms with Gasteiger partial charge in [-0.2, -0.15) is 0 Å². The molecular weight excluding hydrogens is 370 g/mol. The summed E-state index contributed by atoms with van der Waals surface area (Å²) in [6, 6.07) is 25.8. The summed E-state index contributed by atoms with van der Waals surface area (Å²) in [5.41, 5.74) is 11.5. The van der Waals surface area contributed by atoms with Crippen LogP contribution in [0, 0.1) is 0 Å². The van der Waals surface area contributed by atoms with E-state index in [0.29, 0.717) is 12.1 Å². The Bertz CT molecular complexity index is 982. The van der Waals surface area contributed by atoms with Crippen LogP contribution < -0.4 is 16.4 Å². The van der Waals surface area contributed by atoms with Crippen molar-refractivity contribution in [3.05, 3.63) is 91.1 Å². The van der Waals surface area contributed by atoms with Crippen LogP contribution in [0.4, 0.5) is 17.1 Å². The molecule has 0 aliphatic rings. The molecule has 0 fully saturated rings. The summed E-state index contributed by atoms with van der Waals surface area (Å²) in [6.07, 6.45) is 4.18. The molecule has 0 heterocycles. The van der Waals surface area contributed by atoms with E-state index in [-0.39, 0.29) is 5.91 Å². The van der Waals surface area contributed by atoms with Crippen LogP contribution in [0.5, 0.6) is 0 Å². The first-order chi connectivity index (χ1) is 14.6. The van der Waals surface area contributed by atoms with Gasteiger partial charge in [-0.05, 0) is 54.7 Å². The number of allylic oxidation sites excluding steroid dienone is 1. The molecule has 0 saturated carbocycles. The van der Waals surface area contributed by atoms with Crippen molar-refractivity contribution in [1.82, 2.24) is 0 Å². The number of nitrogen functional groups attached to an aromatic ring is 1. The molecule has 0 unspecified atom stereocenters. The highest BCUT2D eigenvalue weighted by Crippen LogP contribution is 2.23. The lowest BCUT2D eigenvalue weighted by molar-refractivity contribution is -0.116. The van der Waals surface area contributed by atoms with Gasteiger partial charge in [0.2, 0.25) is 5.91 Å². The topological polar surface area (TPSA) is 67.2 Å². The van der Waals surface area contributed by atoms with Gasteiger partial charge < -0.3 is 16.4 Å². The molecule has 0 saturated heterocycles. The van der Waals surface area contributed by atoms with Crippen LogP contribution in [0.25, 0.3) is 11.1 Å². The lowest BCUT2D eigenvalue weighted by Gasteiger charge is -2.11. The number of hydrogen-bond acceptors (Lipinski definition) is 3. The average Bonchev–Trinajstić information content (AvgIpc) is 2.76. The van der Waals surface area contributed by atoms with Gasteiger partial charge in [0, 0.05) is 17.8 Å². The molecule has 0 aliphatic carbocycles. The van der Waals surface area contributed by atoms with Crippen molar-refractivity contribution < 1.29 is 4.79 Å². The molecule has 0 radical (unpaired) electrons. The van der Waals surface area contributed by atoms with Crippen LogP contribution in [0.2, 0.25) is 0 Å². The Morgan fingerprint density at radius 2 is 1.47 bits per heavy atom. The van der Waals surface area contributed by atoms with E-state index in [2.05, 4.69) is 35.4 Å². The smallest absolute Gasteiger partial charge is 0.224 e. The Morgan fingerprint density at radius 1 is 0.767 bits per heavy atom. The summed E-state index contributed by atoms with van der Waals surface area (Å²) in [7, 11) is 0. The Labute approximate surface area is 178 Å². The van der Waals surface area contributed by atoms with Crippen molar-refractivity contribution in [2.24, 2.45) is 0 Å². The fraction of sp³-hybridized carbons (Fsp3) is 0.192. The molecule has 3 aromatic carbocycles. The zero-order valence-electron chi connectivity index (χ0n) is 17.2. The van der Waals surface area contributed by atoms with E-state index in [1.54, 1.807) is 0 Å². The molecule has 0 aromatic heterocycles. The van der Waals surface area contributed by atoms with Crippen molar-refractivity contribution in [3.8, 4) is 11.1 Å². The number of nitrogens with two attached hydrogens (primary N) is 1. The lowest BCUT2D eigenvalue weighted by Crippen LogP contribution is -2.11. The number of rotatable bonds is 10. The van der Waals surface area contributed by atoms with E-state index in [0.717, 1.165) is 53.9 Å². The van der Waals surface area contributed by atoms with E-state index >= 15 is 0 Å². The van der Waals surface area contributed by atoms with E-state index in [1.807, 2.05) is 60.7 Å². The number of para-hydroxylation sites is 2. The van der Waals surface area contributed by atoms with Gasteiger partial charge in [0.25, 0.3) is 0 Å². The summed E-state index contributed by atoms with van der Waals surface area (Å²) in [6.45, 7) is 4.07. The minimum atomic E-state index is 0.0502. The SMILES string of the molecule is C=C(CCCCCC(=O)Nc1cccc(-c2ccccc2)c1)Nc1ccccc1N. The molecule has 0 aliphatic heterocycles. The zero-order chi connectivity index (χ0) is 21.2. The van der Waals surface area contributed by atoms with Crippen molar-refractivity contribution in [2.75, 3.05) is 16.4 Å². The first kappa shape index (κ1) is 21.2. The maximum atomic E-state index is 12.3. The van der Waals surface area contributed by atoms with Crippen LogP contribution in [0.1, 0.15) is 32.1 Å².